The number of fused-ring (bicyclic) bond motifs is 5. The van der Waals surface area contributed by atoms with Crippen LogP contribution in [0.2, 0.25) is 0 Å². The van der Waals surface area contributed by atoms with E-state index in [-0.39, 0.29) is 5.63 Å². The SMILES string of the molecule is O=c1oc2ccccc2c2c1cc1n2N=NC1=Nc1ccccc1. The molecule has 5 rings (SSSR count). The summed E-state index contributed by atoms with van der Waals surface area (Å²) in [5.74, 6) is 0.473. The molecule has 0 spiro atoms. The summed E-state index contributed by atoms with van der Waals surface area (Å²) in [6.07, 6.45) is 0. The zero-order valence-corrected chi connectivity index (χ0v) is 12.4. The van der Waals surface area contributed by atoms with Gasteiger partial charge in [0.15, 0.2) is 0 Å². The van der Waals surface area contributed by atoms with Crippen LogP contribution in [0.25, 0.3) is 21.9 Å². The molecule has 2 aromatic carbocycles. The number of aliphatic imine (C=N–C) groups is 1. The molecule has 6 heteroatoms. The summed E-state index contributed by atoms with van der Waals surface area (Å²) in [7, 11) is 0. The maximum Gasteiger partial charge on any atom is 0.345 e. The van der Waals surface area contributed by atoms with E-state index in [0.717, 1.165) is 11.1 Å². The summed E-state index contributed by atoms with van der Waals surface area (Å²) >= 11 is 0. The molecule has 0 aliphatic carbocycles. The van der Waals surface area contributed by atoms with Gasteiger partial charge in [-0.25, -0.2) is 14.5 Å². The Bertz CT molecular complexity index is 1220. The molecule has 0 saturated carbocycles. The number of aromatic nitrogens is 1. The summed E-state index contributed by atoms with van der Waals surface area (Å²) in [5, 5.41) is 9.63. The van der Waals surface area contributed by atoms with Gasteiger partial charge in [0.05, 0.1) is 16.6 Å². The number of para-hydroxylation sites is 2. The van der Waals surface area contributed by atoms with Crippen LogP contribution in [0, 0.1) is 0 Å². The highest BCUT2D eigenvalue weighted by molar-refractivity contribution is 6.10. The minimum Gasteiger partial charge on any atom is -0.422 e. The number of amidine groups is 1. The van der Waals surface area contributed by atoms with Crippen molar-refractivity contribution in [2.24, 2.45) is 15.3 Å². The van der Waals surface area contributed by atoms with Crippen LogP contribution in [0.4, 0.5) is 5.69 Å². The van der Waals surface area contributed by atoms with Gasteiger partial charge in [-0.15, -0.1) is 5.11 Å². The van der Waals surface area contributed by atoms with E-state index in [2.05, 4.69) is 15.3 Å². The average molecular weight is 314 g/mol. The highest BCUT2D eigenvalue weighted by Gasteiger charge is 2.23. The minimum absolute atomic E-state index is 0.389. The predicted molar refractivity (Wildman–Crippen MR) is 90.9 cm³/mol. The molecule has 0 saturated heterocycles. The number of benzene rings is 2. The second kappa shape index (κ2) is 4.73. The van der Waals surface area contributed by atoms with Crippen molar-refractivity contribution in [3.8, 4) is 0 Å². The van der Waals surface area contributed by atoms with E-state index in [1.807, 2.05) is 48.5 Å². The van der Waals surface area contributed by atoms with Gasteiger partial charge in [0.1, 0.15) is 11.3 Å². The Morgan fingerprint density at radius 3 is 2.62 bits per heavy atom. The van der Waals surface area contributed by atoms with E-state index in [1.165, 1.54) is 0 Å². The summed E-state index contributed by atoms with van der Waals surface area (Å²) in [5.41, 5.74) is 2.29. The Balaban J connectivity index is 1.83. The van der Waals surface area contributed by atoms with Crippen molar-refractivity contribution in [2.45, 2.75) is 0 Å². The molecule has 3 heterocycles. The van der Waals surface area contributed by atoms with Crippen LogP contribution in [0.15, 0.2) is 85.2 Å². The molecule has 0 atom stereocenters. The number of hydrogen-bond acceptors (Lipinski definition) is 4. The molecule has 0 unspecified atom stereocenters. The van der Waals surface area contributed by atoms with Gasteiger partial charge in [0.25, 0.3) is 0 Å². The van der Waals surface area contributed by atoms with Crippen molar-refractivity contribution in [1.29, 1.82) is 0 Å². The highest BCUT2D eigenvalue weighted by Crippen LogP contribution is 2.29. The Kier molecular flexibility index (Phi) is 2.55. The normalized spacial score (nSPS) is 14.8. The first-order chi connectivity index (χ1) is 11.8. The molecule has 2 aromatic heterocycles. The maximum atomic E-state index is 12.3. The molecule has 24 heavy (non-hydrogen) atoms. The summed E-state index contributed by atoms with van der Waals surface area (Å²) in [6, 6.07) is 18.6. The van der Waals surface area contributed by atoms with Crippen molar-refractivity contribution in [1.82, 2.24) is 4.68 Å². The molecule has 0 bridgehead atoms. The van der Waals surface area contributed by atoms with Crippen LogP contribution in [0.5, 0.6) is 0 Å². The molecule has 114 valence electrons. The minimum atomic E-state index is -0.389. The molecule has 6 nitrogen and oxygen atoms in total. The summed E-state index contributed by atoms with van der Waals surface area (Å²) < 4.78 is 7.03. The smallest absolute Gasteiger partial charge is 0.345 e. The lowest BCUT2D eigenvalue weighted by atomic mass is 10.2. The zero-order chi connectivity index (χ0) is 16.1. The van der Waals surface area contributed by atoms with Crippen LogP contribution in [-0.4, -0.2) is 10.5 Å². The van der Waals surface area contributed by atoms with Gasteiger partial charge in [-0.1, -0.05) is 35.6 Å². The lowest BCUT2D eigenvalue weighted by molar-refractivity contribution is 0.569. The van der Waals surface area contributed by atoms with E-state index in [0.29, 0.717) is 28.0 Å². The third kappa shape index (κ3) is 1.77. The molecule has 0 N–H and O–H groups in total. The third-order valence-corrected chi connectivity index (χ3v) is 3.99. The summed E-state index contributed by atoms with van der Waals surface area (Å²) in [4.78, 5) is 16.8. The molecule has 1 aliphatic rings. The van der Waals surface area contributed by atoms with E-state index in [9.17, 15) is 4.79 Å². The fourth-order valence-corrected chi connectivity index (χ4v) is 2.92. The molecular weight excluding hydrogens is 304 g/mol. The van der Waals surface area contributed by atoms with Crippen molar-refractivity contribution in [2.75, 3.05) is 0 Å². The van der Waals surface area contributed by atoms with Gasteiger partial charge in [-0.3, -0.25) is 0 Å². The van der Waals surface area contributed by atoms with Gasteiger partial charge < -0.3 is 4.42 Å². The fraction of sp³-hybridized carbons (Fsp3) is 0. The molecule has 0 radical (unpaired) electrons. The maximum absolute atomic E-state index is 12.3. The van der Waals surface area contributed by atoms with Crippen molar-refractivity contribution in [3.05, 3.63) is 76.8 Å². The topological polar surface area (TPSA) is 72.2 Å². The van der Waals surface area contributed by atoms with Gasteiger partial charge in [-0.05, 0) is 30.3 Å². The average Bonchev–Trinajstić information content (AvgIpc) is 3.17. The zero-order valence-electron chi connectivity index (χ0n) is 12.4. The van der Waals surface area contributed by atoms with Crippen molar-refractivity contribution >= 4 is 33.4 Å². The Morgan fingerprint density at radius 1 is 0.958 bits per heavy atom. The lowest BCUT2D eigenvalue weighted by Crippen LogP contribution is -1.99. The van der Waals surface area contributed by atoms with E-state index in [1.54, 1.807) is 16.8 Å². The van der Waals surface area contributed by atoms with Crippen molar-refractivity contribution < 1.29 is 4.42 Å². The first kappa shape index (κ1) is 13.0. The number of hydrogen-bond donors (Lipinski definition) is 0. The predicted octanol–water partition coefficient (Wildman–Crippen LogP) is 4.05. The third-order valence-electron chi connectivity index (χ3n) is 3.99. The van der Waals surface area contributed by atoms with Crippen LogP contribution < -0.4 is 5.63 Å². The van der Waals surface area contributed by atoms with Crippen LogP contribution >= 0.6 is 0 Å². The molecule has 0 fully saturated rings. The first-order valence-electron chi connectivity index (χ1n) is 7.45. The Hall–Kier alpha value is -3.54. The Labute approximate surface area is 135 Å². The van der Waals surface area contributed by atoms with Crippen LogP contribution in [-0.2, 0) is 0 Å². The quantitative estimate of drug-likeness (QED) is 0.497. The van der Waals surface area contributed by atoms with Gasteiger partial charge in [0.2, 0.25) is 5.84 Å². The Morgan fingerprint density at radius 2 is 1.75 bits per heavy atom. The molecule has 0 amide bonds. The number of rotatable bonds is 1. The molecular formula is C18H10N4O2. The van der Waals surface area contributed by atoms with E-state index < -0.39 is 0 Å². The van der Waals surface area contributed by atoms with Gasteiger partial charge in [0, 0.05) is 5.39 Å². The van der Waals surface area contributed by atoms with Crippen LogP contribution in [0.3, 0.4) is 0 Å². The fourth-order valence-electron chi connectivity index (χ4n) is 2.92. The number of nitrogens with zero attached hydrogens (tertiary/aromatic N) is 4. The molecule has 4 aromatic rings. The standard InChI is InChI=1S/C18H10N4O2/c23-18-13-10-14-17(19-11-6-2-1-3-7-11)20-21-22(14)16(13)12-8-4-5-9-15(12)24-18/h1-10H. The van der Waals surface area contributed by atoms with Gasteiger partial charge in [-0.2, -0.15) is 0 Å². The van der Waals surface area contributed by atoms with E-state index >= 15 is 0 Å². The first-order valence-corrected chi connectivity index (χ1v) is 7.45. The second-order valence-corrected chi connectivity index (χ2v) is 5.45. The van der Waals surface area contributed by atoms with Crippen LogP contribution in [0.1, 0.15) is 5.69 Å². The van der Waals surface area contributed by atoms with Gasteiger partial charge >= 0.3 is 5.63 Å². The van der Waals surface area contributed by atoms with Crippen molar-refractivity contribution in [3.63, 3.8) is 0 Å². The molecule has 1 aliphatic heterocycles. The monoisotopic (exact) mass is 314 g/mol. The summed E-state index contributed by atoms with van der Waals surface area (Å²) in [6.45, 7) is 0. The van der Waals surface area contributed by atoms with E-state index in [4.69, 9.17) is 4.42 Å². The largest absolute Gasteiger partial charge is 0.422 e. The highest BCUT2D eigenvalue weighted by atomic mass is 16.4. The second-order valence-electron chi connectivity index (χ2n) is 5.45. The lowest BCUT2D eigenvalue weighted by Gasteiger charge is -1.99.